The van der Waals surface area contributed by atoms with Crippen molar-refractivity contribution in [1.82, 2.24) is 90.4 Å². The molecule has 5 aliphatic heterocycles. The summed E-state index contributed by atoms with van der Waals surface area (Å²) < 4.78 is 0. The highest BCUT2D eigenvalue weighted by Gasteiger charge is 2.33. The second kappa shape index (κ2) is 44.6. The van der Waals surface area contributed by atoms with Gasteiger partial charge in [-0.3, -0.25) is 55.1 Å². The molecule has 628 valence electrons. The number of H-pyrrole nitrogens is 5. The van der Waals surface area contributed by atoms with Gasteiger partial charge in [-0.1, -0.05) is 212 Å². The number of likely N-dealkylation sites (tertiary alicyclic amines) is 5. The second-order valence-corrected chi connectivity index (χ2v) is 34.0. The Morgan fingerprint density at radius 1 is 0.228 bits per heavy atom. The quantitative estimate of drug-likeness (QED) is 0.0326. The summed E-state index contributed by atoms with van der Waals surface area (Å²) in [6.07, 6.45) is 35.7. The van der Waals surface area contributed by atoms with Crippen LogP contribution in [0.1, 0.15) is 180 Å². The van der Waals surface area contributed by atoms with Gasteiger partial charge in [-0.25, -0.2) is 0 Å². The van der Waals surface area contributed by atoms with Crippen LogP contribution < -0.4 is 0 Å². The van der Waals surface area contributed by atoms with Gasteiger partial charge in [0.25, 0.3) is 0 Å². The molecule has 0 bridgehead atoms. The van der Waals surface area contributed by atoms with E-state index in [4.69, 9.17) is 0 Å². The van der Waals surface area contributed by atoms with Crippen LogP contribution in [0.25, 0.3) is 0 Å². The molecule has 13 heterocycles. The van der Waals surface area contributed by atoms with E-state index in [2.05, 4.69) is 339 Å². The van der Waals surface area contributed by atoms with E-state index >= 15 is 0 Å². The van der Waals surface area contributed by atoms with Gasteiger partial charge >= 0.3 is 0 Å². The summed E-state index contributed by atoms with van der Waals surface area (Å²) in [5.74, 6) is 2.81. The van der Waals surface area contributed by atoms with Crippen molar-refractivity contribution in [3.05, 3.63) is 429 Å². The maximum absolute atomic E-state index is 4.37. The number of rotatable bonds is 27. The first-order chi connectivity index (χ1) is 60.9. The van der Waals surface area contributed by atoms with Crippen molar-refractivity contribution in [2.24, 2.45) is 0 Å². The van der Waals surface area contributed by atoms with Crippen molar-refractivity contribution >= 4 is 0 Å². The Labute approximate surface area is 726 Å². The smallest absolute Gasteiger partial charge is 0.0525 e. The molecule has 4 atom stereocenters. The number of piperidine rings is 2. The second-order valence-electron chi connectivity index (χ2n) is 34.0. The number of nitrogens with one attached hydrogen (secondary N) is 5. The highest BCUT2D eigenvalue weighted by Crippen LogP contribution is 2.36. The maximum atomic E-state index is 4.37. The van der Waals surface area contributed by atoms with E-state index in [0.29, 0.717) is 29.6 Å². The predicted octanol–water partition coefficient (Wildman–Crippen LogP) is 18.6. The highest BCUT2D eigenvalue weighted by molar-refractivity contribution is 5.36. The summed E-state index contributed by atoms with van der Waals surface area (Å²) in [4.78, 5) is 25.0. The van der Waals surface area contributed by atoms with Crippen LogP contribution in [0.4, 0.5) is 0 Å². The van der Waals surface area contributed by atoms with Crippen molar-refractivity contribution in [2.75, 3.05) is 78.5 Å². The monoisotopic (exact) mass is 1630 g/mol. The molecule has 18 heteroatoms. The van der Waals surface area contributed by atoms with E-state index < -0.39 is 0 Å². The molecular formula is C105H118N18. The zero-order valence-corrected chi connectivity index (χ0v) is 71.0. The van der Waals surface area contributed by atoms with E-state index in [1.54, 1.807) is 0 Å². The van der Waals surface area contributed by atoms with Crippen LogP contribution in [0.15, 0.2) is 317 Å². The van der Waals surface area contributed by atoms with E-state index in [1.807, 2.05) is 68.2 Å². The Bertz CT molecular complexity index is 5450. The van der Waals surface area contributed by atoms with Crippen molar-refractivity contribution in [2.45, 2.75) is 133 Å². The summed E-state index contributed by atoms with van der Waals surface area (Å²) in [5.41, 5.74) is 26.9. The van der Waals surface area contributed by atoms with Crippen LogP contribution in [-0.4, -0.2) is 169 Å². The fraction of sp³-hybridized carbons (Fsp3) is 0.314. The first-order valence-electron chi connectivity index (χ1n) is 44.6. The molecule has 5 aliphatic rings. The highest BCUT2D eigenvalue weighted by atomic mass is 15.2. The van der Waals surface area contributed by atoms with Crippen molar-refractivity contribution in [1.29, 1.82) is 0 Å². The minimum Gasteiger partial charge on any atom is -0.302 e. The Morgan fingerprint density at radius 3 is 0.780 bits per heavy atom. The van der Waals surface area contributed by atoms with Gasteiger partial charge in [0.1, 0.15) is 0 Å². The van der Waals surface area contributed by atoms with E-state index in [9.17, 15) is 0 Å². The maximum Gasteiger partial charge on any atom is 0.0525 e. The summed E-state index contributed by atoms with van der Waals surface area (Å²) in [7, 11) is 0. The zero-order chi connectivity index (χ0) is 83.1. The van der Waals surface area contributed by atoms with Gasteiger partial charge in [-0.15, -0.1) is 0 Å². The summed E-state index contributed by atoms with van der Waals surface area (Å²) in [5, 5.41) is 38.0. The molecule has 4 unspecified atom stereocenters. The molecule has 0 spiro atoms. The Kier molecular flexibility index (Phi) is 30.6. The molecule has 0 amide bonds. The lowest BCUT2D eigenvalue weighted by Gasteiger charge is -2.39. The normalized spacial score (nSPS) is 17.6. The van der Waals surface area contributed by atoms with Crippen LogP contribution in [-0.2, 0) is 64.6 Å². The molecule has 5 N–H and O–H groups in total. The number of pyridine rings is 3. The van der Waals surface area contributed by atoms with E-state index in [0.717, 1.165) is 123 Å². The molecule has 8 aromatic heterocycles. The van der Waals surface area contributed by atoms with Crippen molar-refractivity contribution < 1.29 is 0 Å². The molecule has 5 saturated heterocycles. The molecule has 123 heavy (non-hydrogen) atoms. The average Bonchev–Trinajstić information content (AvgIpc) is 1.74. The fourth-order valence-corrected chi connectivity index (χ4v) is 18.6. The first-order valence-corrected chi connectivity index (χ1v) is 44.6. The lowest BCUT2D eigenvalue weighted by Crippen LogP contribution is -2.44. The summed E-state index contributed by atoms with van der Waals surface area (Å²) in [6.45, 7) is 16.6. The van der Waals surface area contributed by atoms with E-state index in [1.165, 1.54) is 170 Å². The van der Waals surface area contributed by atoms with Gasteiger partial charge in [0, 0.05) is 199 Å². The van der Waals surface area contributed by atoms with Crippen molar-refractivity contribution in [3.8, 4) is 0 Å². The van der Waals surface area contributed by atoms with Gasteiger partial charge in [0.15, 0.2) is 0 Å². The first kappa shape index (κ1) is 84.4. The predicted molar refractivity (Wildman–Crippen MR) is 492 cm³/mol. The minimum absolute atomic E-state index is 0.539. The largest absolute Gasteiger partial charge is 0.302 e. The van der Waals surface area contributed by atoms with Gasteiger partial charge in [0.05, 0.1) is 31.0 Å². The molecule has 18 nitrogen and oxygen atoms in total. The third-order valence-electron chi connectivity index (χ3n) is 25.1. The third kappa shape index (κ3) is 25.0. The van der Waals surface area contributed by atoms with E-state index in [-0.39, 0.29) is 0 Å². The van der Waals surface area contributed by atoms with Gasteiger partial charge < -0.3 is 9.80 Å². The number of nitrogens with zero attached hydrogens (tertiary/aromatic N) is 13. The molecule has 15 aromatic rings. The number of hydrogen-bond acceptors (Lipinski definition) is 13. The lowest BCUT2D eigenvalue weighted by molar-refractivity contribution is 0.137. The molecule has 7 aromatic carbocycles. The van der Waals surface area contributed by atoms with Crippen LogP contribution in [0.5, 0.6) is 0 Å². The average molecular weight is 1630 g/mol. The number of hydrogen-bond donors (Lipinski definition) is 5. The van der Waals surface area contributed by atoms with Crippen LogP contribution in [0.3, 0.4) is 0 Å². The van der Waals surface area contributed by atoms with Gasteiger partial charge in [-0.2, -0.15) is 25.5 Å². The molecule has 5 fully saturated rings. The molecule has 0 aliphatic carbocycles. The van der Waals surface area contributed by atoms with Crippen LogP contribution in [0, 0.1) is 0 Å². The topological polar surface area (TPSA) is 198 Å². The number of benzene rings is 7. The van der Waals surface area contributed by atoms with Crippen molar-refractivity contribution in [3.63, 3.8) is 0 Å². The van der Waals surface area contributed by atoms with Gasteiger partial charge in [-0.05, 0) is 197 Å². The molecule has 20 rings (SSSR count). The minimum atomic E-state index is 0.539. The third-order valence-corrected chi connectivity index (χ3v) is 25.1. The van der Waals surface area contributed by atoms with Crippen LogP contribution >= 0.6 is 0 Å². The lowest BCUT2D eigenvalue weighted by atomic mass is 9.90. The number of aromatic amines is 5. The Morgan fingerprint density at radius 2 is 0.463 bits per heavy atom. The molecule has 0 saturated carbocycles. The molecular weight excluding hydrogens is 1510 g/mol. The SMILES string of the molecule is c1ccc(CCN2CCC(c3[nH]ncc3Cc3ccccc3)C2)cc1.c1ccc(CCN2CCCC(c3[nH]ncc3Cc3ccccc3)C2)cc1.c1ccc(Cc2cn[nH]c2C2CCCN(Cc3ccncc3)C2)cc1.c1ccc(Cc2cn[nH]c2C2CCN(Cc3ccncc3)C2)cc1.c1ccc(Cc2cn[nH]c2C2CN(Cc3ccncc3)C2)cc1. The Balaban J connectivity index is 0.000000114. The summed E-state index contributed by atoms with van der Waals surface area (Å²) in [6, 6.07) is 87.4. The fourth-order valence-electron chi connectivity index (χ4n) is 18.6. The van der Waals surface area contributed by atoms with Gasteiger partial charge in [0.2, 0.25) is 0 Å². The Hall–Kier alpha value is -12.2. The number of aromatic nitrogens is 13. The molecule has 0 radical (unpaired) electrons. The zero-order valence-electron chi connectivity index (χ0n) is 71.0. The standard InChI is InChI=1S/C23H27N3.C22H25N3.C21H24N4.C20H22N4.C19H20N4/c1-3-8-19(9-4-1)13-15-26-14-7-12-21(18-26)23-22(17-24-25-23)16-20-10-5-2-6-11-20;1-3-7-18(8-4-1)11-13-25-14-12-20(17-25)22-21(16-23-24-22)15-19-9-5-2-6-10-19;1-2-5-17(6-3-1)13-20-14-23-24-21(20)19-7-4-12-25(16-19)15-18-8-10-22-11-9-18;1-2-4-16(5-3-1)12-19-13-22-23-20(19)18-8-11-24(15-18)14-17-6-9-21-10-7-17;1-2-4-15(5-3-1)10-17-11-21-22-19(17)18-13-23(14-18)12-16-6-8-20-9-7-16/h1-6,8-11,17,21H,7,12-16,18H2,(H,24,25);1-10,16,20H,11-15,17H2,(H,23,24);1-3,5-6,8-11,14,19H,4,7,12-13,15-16H2,(H,23,24);1-7,9-10,13,18H,8,11-12,14-15H2,(H,22,23);1-9,11,18H,10,12-14H2,(H,21,22). The van der Waals surface area contributed by atoms with Crippen LogP contribution in [0.2, 0.25) is 0 Å². The summed E-state index contributed by atoms with van der Waals surface area (Å²) >= 11 is 0.